The minimum Gasteiger partial charge on any atom is -0.366 e. The van der Waals surface area contributed by atoms with Crippen LogP contribution in [0.25, 0.3) is 0 Å². The van der Waals surface area contributed by atoms with Crippen LogP contribution in [-0.2, 0) is 4.79 Å². The molecule has 0 aromatic heterocycles. The van der Waals surface area contributed by atoms with Gasteiger partial charge >= 0.3 is 5.51 Å². The molecule has 0 aliphatic carbocycles. The smallest absolute Gasteiger partial charge is 0.366 e. The Labute approximate surface area is 115 Å². The van der Waals surface area contributed by atoms with Gasteiger partial charge in [-0.2, -0.15) is 13.2 Å². The molecule has 0 spiro atoms. The first-order chi connectivity index (χ1) is 9.10. The summed E-state index contributed by atoms with van der Waals surface area (Å²) in [4.78, 5) is 22.4. The van der Waals surface area contributed by atoms with E-state index >= 15 is 0 Å². The van der Waals surface area contributed by atoms with Gasteiger partial charge < -0.3 is 11.1 Å². The maximum absolute atomic E-state index is 13.2. The van der Waals surface area contributed by atoms with Gasteiger partial charge in [0.1, 0.15) is 5.82 Å². The number of carbonyl (C=O) groups is 2. The zero-order chi connectivity index (χ0) is 15.5. The molecule has 4 nitrogen and oxygen atoms in total. The lowest BCUT2D eigenvalue weighted by atomic mass is 10.1. The maximum Gasteiger partial charge on any atom is 0.442 e. The van der Waals surface area contributed by atoms with E-state index in [0.29, 0.717) is 0 Å². The second kappa shape index (κ2) is 6.12. The van der Waals surface area contributed by atoms with Crippen molar-refractivity contribution in [2.75, 3.05) is 5.32 Å². The summed E-state index contributed by atoms with van der Waals surface area (Å²) in [5.74, 6) is -2.85. The normalized spacial score (nSPS) is 12.8. The fourth-order valence-corrected chi connectivity index (χ4v) is 1.86. The van der Waals surface area contributed by atoms with E-state index in [9.17, 15) is 27.2 Å². The van der Waals surface area contributed by atoms with E-state index < -0.39 is 45.7 Å². The lowest BCUT2D eigenvalue weighted by Gasteiger charge is -2.14. The summed E-state index contributed by atoms with van der Waals surface area (Å²) in [5.41, 5.74) is -0.104. The van der Waals surface area contributed by atoms with Crippen LogP contribution in [0.4, 0.5) is 23.2 Å². The Balaban J connectivity index is 2.81. The Morgan fingerprint density at radius 3 is 2.45 bits per heavy atom. The summed E-state index contributed by atoms with van der Waals surface area (Å²) in [5, 5.41) is 0.761. The number of alkyl halides is 3. The average molecular weight is 310 g/mol. The van der Waals surface area contributed by atoms with Gasteiger partial charge in [-0.15, -0.1) is 0 Å². The van der Waals surface area contributed by atoms with Crippen molar-refractivity contribution < 1.29 is 27.2 Å². The molecule has 0 radical (unpaired) electrons. The predicted molar refractivity (Wildman–Crippen MR) is 66.7 cm³/mol. The zero-order valence-electron chi connectivity index (χ0n) is 10.1. The molecule has 0 heterocycles. The highest BCUT2D eigenvalue weighted by Crippen LogP contribution is 2.34. The average Bonchev–Trinajstić information content (AvgIpc) is 2.28. The van der Waals surface area contributed by atoms with Crippen molar-refractivity contribution in [2.24, 2.45) is 5.73 Å². The van der Waals surface area contributed by atoms with Crippen molar-refractivity contribution in [3.8, 4) is 0 Å². The van der Waals surface area contributed by atoms with Crippen LogP contribution in [0.15, 0.2) is 18.2 Å². The van der Waals surface area contributed by atoms with Crippen molar-refractivity contribution in [2.45, 2.75) is 17.7 Å². The molecule has 0 bridgehead atoms. The largest absolute Gasteiger partial charge is 0.442 e. The molecule has 0 saturated carbocycles. The molecule has 0 unspecified atom stereocenters. The van der Waals surface area contributed by atoms with Gasteiger partial charge in [0.25, 0.3) is 5.91 Å². The molecule has 110 valence electrons. The van der Waals surface area contributed by atoms with Gasteiger partial charge in [0, 0.05) is 5.69 Å². The molecule has 0 saturated heterocycles. The number of thioether (sulfide) groups is 1. The number of amides is 2. The van der Waals surface area contributed by atoms with Gasteiger partial charge in [-0.05, 0) is 36.9 Å². The Kier molecular flexibility index (Phi) is 4.98. The molecule has 1 atom stereocenters. The highest BCUT2D eigenvalue weighted by atomic mass is 32.2. The highest BCUT2D eigenvalue weighted by Gasteiger charge is 2.34. The summed E-state index contributed by atoms with van der Waals surface area (Å²) >= 11 is -0.480. The van der Waals surface area contributed by atoms with E-state index in [-0.39, 0.29) is 5.69 Å². The predicted octanol–water partition coefficient (Wildman–Crippen LogP) is 2.50. The molecule has 1 aromatic rings. The van der Waals surface area contributed by atoms with Gasteiger partial charge in [-0.25, -0.2) is 4.39 Å². The van der Waals surface area contributed by atoms with Crippen LogP contribution in [0, 0.1) is 5.82 Å². The van der Waals surface area contributed by atoms with E-state index in [0.717, 1.165) is 25.1 Å². The molecule has 9 heteroatoms. The van der Waals surface area contributed by atoms with E-state index in [1.807, 2.05) is 0 Å². The van der Waals surface area contributed by atoms with E-state index in [1.54, 1.807) is 0 Å². The summed E-state index contributed by atoms with van der Waals surface area (Å²) in [6, 6.07) is 2.96. The second-order valence-electron chi connectivity index (χ2n) is 3.75. The van der Waals surface area contributed by atoms with Crippen molar-refractivity contribution in [1.82, 2.24) is 0 Å². The molecule has 1 aromatic carbocycles. The van der Waals surface area contributed by atoms with Crippen LogP contribution < -0.4 is 11.1 Å². The number of primary amides is 1. The van der Waals surface area contributed by atoms with E-state index in [1.165, 1.54) is 0 Å². The van der Waals surface area contributed by atoms with E-state index in [4.69, 9.17) is 5.73 Å². The van der Waals surface area contributed by atoms with Gasteiger partial charge in [0.2, 0.25) is 5.91 Å². The zero-order valence-corrected chi connectivity index (χ0v) is 10.9. The molecular weight excluding hydrogens is 300 g/mol. The lowest BCUT2D eigenvalue weighted by molar-refractivity contribution is -0.115. The number of hydrogen-bond donors (Lipinski definition) is 2. The Hall–Kier alpha value is -1.77. The lowest BCUT2D eigenvalue weighted by Crippen LogP contribution is -2.25. The first kappa shape index (κ1) is 16.3. The number of benzene rings is 1. The third kappa shape index (κ3) is 4.72. The molecule has 3 N–H and O–H groups in total. The van der Waals surface area contributed by atoms with Crippen molar-refractivity contribution in [3.63, 3.8) is 0 Å². The van der Waals surface area contributed by atoms with Crippen LogP contribution in [0.5, 0.6) is 0 Å². The van der Waals surface area contributed by atoms with Crippen LogP contribution >= 0.6 is 11.8 Å². The monoisotopic (exact) mass is 310 g/mol. The number of carbonyl (C=O) groups excluding carboxylic acids is 2. The summed E-state index contributed by atoms with van der Waals surface area (Å²) in [6.07, 6.45) is 0. The first-order valence-corrected chi connectivity index (χ1v) is 6.13. The van der Waals surface area contributed by atoms with Crippen molar-refractivity contribution in [1.29, 1.82) is 0 Å². The second-order valence-corrected chi connectivity index (χ2v) is 5.16. The third-order valence-corrected chi connectivity index (χ3v) is 3.01. The summed E-state index contributed by atoms with van der Waals surface area (Å²) in [7, 11) is 0. The van der Waals surface area contributed by atoms with E-state index in [2.05, 4.69) is 5.32 Å². The summed E-state index contributed by atoms with van der Waals surface area (Å²) in [6.45, 7) is 1.08. The number of hydrogen-bond acceptors (Lipinski definition) is 3. The minimum absolute atomic E-state index is 0.0141. The summed E-state index contributed by atoms with van der Waals surface area (Å²) < 4.78 is 49.5. The van der Waals surface area contributed by atoms with Crippen molar-refractivity contribution >= 4 is 29.3 Å². The highest BCUT2D eigenvalue weighted by molar-refractivity contribution is 8.01. The van der Waals surface area contributed by atoms with Crippen LogP contribution in [0.1, 0.15) is 17.3 Å². The number of nitrogens with two attached hydrogens (primary N) is 1. The topological polar surface area (TPSA) is 72.2 Å². The molecule has 0 aliphatic heterocycles. The molecular formula is C11H10F4N2O2S. The fourth-order valence-electron chi connectivity index (χ4n) is 1.29. The van der Waals surface area contributed by atoms with Gasteiger partial charge in [0.15, 0.2) is 0 Å². The maximum atomic E-state index is 13.2. The first-order valence-electron chi connectivity index (χ1n) is 5.25. The van der Waals surface area contributed by atoms with Crippen LogP contribution in [0.3, 0.4) is 0 Å². The van der Waals surface area contributed by atoms with Gasteiger partial charge in [0.05, 0.1) is 10.8 Å². The fraction of sp³-hybridized carbons (Fsp3) is 0.273. The van der Waals surface area contributed by atoms with Crippen molar-refractivity contribution in [3.05, 3.63) is 29.6 Å². The molecule has 20 heavy (non-hydrogen) atoms. The van der Waals surface area contributed by atoms with Crippen LogP contribution in [-0.4, -0.2) is 22.6 Å². The standard InChI is InChI=1S/C11H10F4N2O2S/c1-5(20-11(13,14)15)10(19)17-6-2-3-8(12)7(4-6)9(16)18/h2-5H,1H3,(H2,16,18)(H,17,19)/t5-/m1/s1. The number of halogens is 4. The Bertz CT molecular complexity index is 534. The van der Waals surface area contributed by atoms with Gasteiger partial charge in [-0.3, -0.25) is 9.59 Å². The Morgan fingerprint density at radius 1 is 1.35 bits per heavy atom. The minimum atomic E-state index is -4.54. The van der Waals surface area contributed by atoms with Crippen LogP contribution in [0.2, 0.25) is 0 Å². The molecule has 2 amide bonds. The van der Waals surface area contributed by atoms with Gasteiger partial charge in [-0.1, -0.05) is 0 Å². The number of nitrogens with one attached hydrogen (secondary N) is 1. The SMILES string of the molecule is C[C@@H](SC(F)(F)F)C(=O)Nc1ccc(F)c(C(N)=O)c1. The Morgan fingerprint density at radius 2 is 1.95 bits per heavy atom. The third-order valence-electron chi connectivity index (χ3n) is 2.18. The number of rotatable bonds is 4. The quantitative estimate of drug-likeness (QED) is 0.839. The molecule has 0 aliphatic rings. The number of anilines is 1. The molecule has 1 rings (SSSR count). The molecule has 0 fully saturated rings.